The van der Waals surface area contributed by atoms with Crippen molar-refractivity contribution in [3.05, 3.63) is 15.9 Å². The van der Waals surface area contributed by atoms with Gasteiger partial charge in [-0.2, -0.15) is 11.3 Å². The number of hydrogen-bond donors (Lipinski definition) is 0. The van der Waals surface area contributed by atoms with E-state index in [1.165, 1.54) is 4.47 Å². The zero-order valence-electron chi connectivity index (χ0n) is 8.94. The van der Waals surface area contributed by atoms with Crippen LogP contribution in [0.15, 0.2) is 15.9 Å². The van der Waals surface area contributed by atoms with Crippen molar-refractivity contribution in [1.82, 2.24) is 0 Å². The van der Waals surface area contributed by atoms with Crippen LogP contribution in [-0.4, -0.2) is 8.07 Å². The lowest BCUT2D eigenvalue weighted by Gasteiger charge is -2.36. The number of thiophene rings is 1. The van der Waals surface area contributed by atoms with Crippen molar-refractivity contribution in [2.75, 3.05) is 0 Å². The van der Waals surface area contributed by atoms with Gasteiger partial charge in [-0.15, -0.1) is 0 Å². The first-order valence-corrected chi connectivity index (χ1v) is 9.17. The van der Waals surface area contributed by atoms with Crippen LogP contribution in [0.2, 0.25) is 18.1 Å². The average Bonchev–Trinajstić information content (AvgIpc) is 2.32. The smallest absolute Gasteiger partial charge is 0.100 e. The first-order chi connectivity index (χ1) is 5.77. The summed E-state index contributed by atoms with van der Waals surface area (Å²) < 4.78 is 2.89. The molecule has 1 aromatic heterocycles. The Kier molecular flexibility index (Phi) is 3.10. The molecule has 0 bridgehead atoms. The van der Waals surface area contributed by atoms with Gasteiger partial charge in [0.1, 0.15) is 8.07 Å². The van der Waals surface area contributed by atoms with Crippen LogP contribution in [0, 0.1) is 0 Å². The molecule has 0 nitrogen and oxygen atoms in total. The van der Waals surface area contributed by atoms with Gasteiger partial charge in [0.2, 0.25) is 0 Å². The van der Waals surface area contributed by atoms with E-state index in [2.05, 4.69) is 61.2 Å². The standard InChI is InChI=1S/C10H17BrSSi/c1-10(2,3)13(4,5)9-8(11)6-7-12-9/h6-7H,1-5H3. The summed E-state index contributed by atoms with van der Waals surface area (Å²) in [5.74, 6) is 0. The van der Waals surface area contributed by atoms with Gasteiger partial charge in [-0.3, -0.25) is 0 Å². The van der Waals surface area contributed by atoms with Crippen molar-refractivity contribution in [1.29, 1.82) is 0 Å². The summed E-state index contributed by atoms with van der Waals surface area (Å²) in [7, 11) is -1.30. The average molecular weight is 277 g/mol. The monoisotopic (exact) mass is 276 g/mol. The molecule has 0 aromatic carbocycles. The second-order valence-electron chi connectivity index (χ2n) is 4.97. The Morgan fingerprint density at radius 3 is 2.15 bits per heavy atom. The molecule has 1 rings (SSSR count). The highest BCUT2D eigenvalue weighted by Crippen LogP contribution is 2.37. The molecule has 74 valence electrons. The predicted octanol–water partition coefficient (Wildman–Crippen LogP) is 4.23. The van der Waals surface area contributed by atoms with Crippen molar-refractivity contribution >= 4 is 39.8 Å². The van der Waals surface area contributed by atoms with Crippen molar-refractivity contribution in [2.24, 2.45) is 0 Å². The zero-order valence-corrected chi connectivity index (χ0v) is 12.3. The minimum absolute atomic E-state index is 0.431. The summed E-state index contributed by atoms with van der Waals surface area (Å²) >= 11 is 5.54. The molecule has 0 atom stereocenters. The van der Waals surface area contributed by atoms with E-state index in [-0.39, 0.29) is 0 Å². The maximum absolute atomic E-state index is 3.64. The van der Waals surface area contributed by atoms with Crippen LogP contribution in [0.1, 0.15) is 20.8 Å². The van der Waals surface area contributed by atoms with Crippen LogP contribution in [-0.2, 0) is 0 Å². The van der Waals surface area contributed by atoms with Gasteiger partial charge in [0.05, 0.1) is 0 Å². The highest BCUT2D eigenvalue weighted by Gasteiger charge is 2.38. The third kappa shape index (κ3) is 2.08. The van der Waals surface area contributed by atoms with Crippen molar-refractivity contribution in [3.63, 3.8) is 0 Å². The van der Waals surface area contributed by atoms with Crippen molar-refractivity contribution < 1.29 is 0 Å². The fourth-order valence-corrected chi connectivity index (χ4v) is 7.34. The summed E-state index contributed by atoms with van der Waals surface area (Å²) in [6, 6.07) is 2.17. The van der Waals surface area contributed by atoms with Crippen molar-refractivity contribution in [3.8, 4) is 0 Å². The summed E-state index contributed by atoms with van der Waals surface area (Å²) in [4.78, 5) is 0. The molecule has 0 amide bonds. The molecule has 13 heavy (non-hydrogen) atoms. The number of rotatable bonds is 1. The molecule has 0 saturated carbocycles. The first kappa shape index (κ1) is 11.5. The molecule has 3 heteroatoms. The summed E-state index contributed by atoms with van der Waals surface area (Å²) in [5, 5.41) is 2.61. The third-order valence-electron chi connectivity index (χ3n) is 3.06. The Hall–Kier alpha value is 0.397. The van der Waals surface area contributed by atoms with Crippen LogP contribution >= 0.6 is 27.3 Å². The van der Waals surface area contributed by atoms with E-state index in [9.17, 15) is 0 Å². The molecular weight excluding hydrogens is 260 g/mol. The lowest BCUT2D eigenvalue weighted by atomic mass is 10.2. The van der Waals surface area contributed by atoms with Crippen LogP contribution in [0.5, 0.6) is 0 Å². The maximum atomic E-state index is 3.64. The highest BCUT2D eigenvalue weighted by atomic mass is 79.9. The topological polar surface area (TPSA) is 0 Å². The lowest BCUT2D eigenvalue weighted by molar-refractivity contribution is 0.730. The van der Waals surface area contributed by atoms with Gasteiger partial charge in [0.15, 0.2) is 0 Å². The van der Waals surface area contributed by atoms with Crippen LogP contribution < -0.4 is 4.50 Å². The molecular formula is C10H17BrSSi. The predicted molar refractivity (Wildman–Crippen MR) is 68.9 cm³/mol. The van der Waals surface area contributed by atoms with Gasteiger partial charge in [0.25, 0.3) is 0 Å². The van der Waals surface area contributed by atoms with Gasteiger partial charge in [-0.05, 0) is 16.5 Å². The zero-order chi connectivity index (χ0) is 10.3. The fourth-order valence-electron chi connectivity index (χ4n) is 1.08. The molecule has 0 radical (unpaired) electrons. The van der Waals surface area contributed by atoms with Gasteiger partial charge in [0, 0.05) is 8.97 Å². The minimum Gasteiger partial charge on any atom is -0.152 e. The lowest BCUT2D eigenvalue weighted by Crippen LogP contribution is -2.48. The van der Waals surface area contributed by atoms with Crippen LogP contribution in [0.4, 0.5) is 0 Å². The quantitative estimate of drug-likeness (QED) is 0.674. The molecule has 0 spiro atoms. The molecule has 1 heterocycles. The third-order valence-corrected chi connectivity index (χ3v) is 12.1. The Bertz CT molecular complexity index is 296. The second-order valence-corrected chi connectivity index (χ2v) is 12.4. The molecule has 0 aliphatic heterocycles. The van der Waals surface area contributed by atoms with E-state index in [1.54, 1.807) is 4.50 Å². The van der Waals surface area contributed by atoms with Gasteiger partial charge in [-0.1, -0.05) is 49.8 Å². The summed E-state index contributed by atoms with van der Waals surface area (Å²) in [6.45, 7) is 12.0. The van der Waals surface area contributed by atoms with Gasteiger partial charge < -0.3 is 0 Å². The maximum Gasteiger partial charge on any atom is 0.100 e. The Balaban J connectivity index is 3.15. The van der Waals surface area contributed by atoms with Crippen LogP contribution in [0.3, 0.4) is 0 Å². The molecule has 0 N–H and O–H groups in total. The Labute approximate surface area is 94.5 Å². The highest BCUT2D eigenvalue weighted by molar-refractivity contribution is 9.10. The number of hydrogen-bond acceptors (Lipinski definition) is 1. The Morgan fingerprint density at radius 2 is 1.85 bits per heavy atom. The van der Waals surface area contributed by atoms with Crippen LogP contribution in [0.25, 0.3) is 0 Å². The van der Waals surface area contributed by atoms with E-state index in [1.807, 2.05) is 11.3 Å². The fraction of sp³-hybridized carbons (Fsp3) is 0.600. The normalized spacial score (nSPS) is 13.4. The Morgan fingerprint density at radius 1 is 1.31 bits per heavy atom. The molecule has 0 unspecified atom stereocenters. The first-order valence-electron chi connectivity index (χ1n) is 4.50. The molecule has 0 fully saturated rings. The van der Waals surface area contributed by atoms with Crippen molar-refractivity contribution in [2.45, 2.75) is 38.9 Å². The van der Waals surface area contributed by atoms with E-state index < -0.39 is 8.07 Å². The SMILES string of the molecule is CC(C)(C)[Si](C)(C)c1sccc1Br. The minimum atomic E-state index is -1.30. The van der Waals surface area contributed by atoms with E-state index in [0.29, 0.717) is 5.04 Å². The van der Waals surface area contributed by atoms with E-state index >= 15 is 0 Å². The molecule has 0 aliphatic carbocycles. The second kappa shape index (κ2) is 3.52. The molecule has 0 saturated heterocycles. The molecule has 0 aliphatic rings. The van der Waals surface area contributed by atoms with E-state index in [0.717, 1.165) is 0 Å². The van der Waals surface area contributed by atoms with Gasteiger partial charge in [-0.25, -0.2) is 0 Å². The number of halogens is 1. The largest absolute Gasteiger partial charge is 0.152 e. The molecule has 1 aromatic rings. The summed E-state index contributed by atoms with van der Waals surface area (Å²) in [5.41, 5.74) is 0. The van der Waals surface area contributed by atoms with E-state index in [4.69, 9.17) is 0 Å². The summed E-state index contributed by atoms with van der Waals surface area (Å²) in [6.07, 6.45) is 0. The van der Waals surface area contributed by atoms with Gasteiger partial charge >= 0.3 is 0 Å².